The molecular weight excluding hydrogens is 232 g/mol. The molecule has 0 radical (unpaired) electrons. The number of benzene rings is 1. The fourth-order valence-corrected chi connectivity index (χ4v) is 2.23. The Morgan fingerprint density at radius 3 is 3.06 bits per heavy atom. The highest BCUT2D eigenvalue weighted by atomic mass is 16.5. The lowest BCUT2D eigenvalue weighted by atomic mass is 10.1. The van der Waals surface area contributed by atoms with E-state index in [2.05, 4.69) is 5.32 Å². The SMILES string of the molecule is COc1ccccc1CN1CCNCC1C(=O)O. The van der Waals surface area contributed by atoms with Gasteiger partial charge in [-0.05, 0) is 6.07 Å². The zero-order chi connectivity index (χ0) is 13.0. The summed E-state index contributed by atoms with van der Waals surface area (Å²) in [5.41, 5.74) is 1.02. The van der Waals surface area contributed by atoms with Crippen LogP contribution in [-0.2, 0) is 11.3 Å². The lowest BCUT2D eigenvalue weighted by molar-refractivity contribution is -0.144. The molecule has 1 atom stereocenters. The van der Waals surface area contributed by atoms with Crippen LogP contribution >= 0.6 is 0 Å². The lowest BCUT2D eigenvalue weighted by Gasteiger charge is -2.33. The molecule has 5 nitrogen and oxygen atoms in total. The Hall–Kier alpha value is -1.59. The number of para-hydroxylation sites is 1. The maximum atomic E-state index is 11.2. The van der Waals surface area contributed by atoms with Crippen molar-refractivity contribution < 1.29 is 14.6 Å². The van der Waals surface area contributed by atoms with E-state index in [1.54, 1.807) is 7.11 Å². The second-order valence-electron chi connectivity index (χ2n) is 4.34. The van der Waals surface area contributed by atoms with E-state index in [1.165, 1.54) is 0 Å². The van der Waals surface area contributed by atoms with Gasteiger partial charge in [0.15, 0.2) is 0 Å². The van der Waals surface area contributed by atoms with Crippen molar-refractivity contribution in [3.63, 3.8) is 0 Å². The molecule has 1 unspecified atom stereocenters. The minimum Gasteiger partial charge on any atom is -0.496 e. The Balaban J connectivity index is 2.13. The van der Waals surface area contributed by atoms with Crippen molar-refractivity contribution in [2.24, 2.45) is 0 Å². The van der Waals surface area contributed by atoms with Gasteiger partial charge < -0.3 is 15.2 Å². The lowest BCUT2D eigenvalue weighted by Crippen LogP contribution is -2.54. The summed E-state index contributed by atoms with van der Waals surface area (Å²) in [5, 5.41) is 12.3. The minimum atomic E-state index is -0.780. The first kappa shape index (κ1) is 12.9. The highest BCUT2D eigenvalue weighted by Crippen LogP contribution is 2.20. The smallest absolute Gasteiger partial charge is 0.322 e. The molecule has 0 aliphatic carbocycles. The molecule has 2 N–H and O–H groups in total. The second kappa shape index (κ2) is 5.84. The maximum absolute atomic E-state index is 11.2. The van der Waals surface area contributed by atoms with Gasteiger partial charge in [0, 0.05) is 31.7 Å². The molecule has 1 fully saturated rings. The second-order valence-corrected chi connectivity index (χ2v) is 4.34. The van der Waals surface area contributed by atoms with Crippen LogP contribution in [-0.4, -0.2) is 48.8 Å². The van der Waals surface area contributed by atoms with Gasteiger partial charge in [0.1, 0.15) is 11.8 Å². The monoisotopic (exact) mass is 250 g/mol. The van der Waals surface area contributed by atoms with Crippen LogP contribution in [0.2, 0.25) is 0 Å². The molecule has 1 aromatic rings. The summed E-state index contributed by atoms with van der Waals surface area (Å²) in [6.07, 6.45) is 0. The molecule has 1 aliphatic heterocycles. The van der Waals surface area contributed by atoms with Crippen LogP contribution in [0, 0.1) is 0 Å². The first-order valence-electron chi connectivity index (χ1n) is 6.02. The van der Waals surface area contributed by atoms with E-state index in [0.29, 0.717) is 13.1 Å². The summed E-state index contributed by atoms with van der Waals surface area (Å²) in [6, 6.07) is 7.25. The number of hydrogen-bond acceptors (Lipinski definition) is 4. The zero-order valence-corrected chi connectivity index (χ0v) is 10.4. The molecule has 1 aromatic carbocycles. The first-order chi connectivity index (χ1) is 8.72. The van der Waals surface area contributed by atoms with Crippen molar-refractivity contribution in [3.05, 3.63) is 29.8 Å². The quantitative estimate of drug-likeness (QED) is 0.817. The van der Waals surface area contributed by atoms with E-state index in [0.717, 1.165) is 24.4 Å². The number of carboxylic acids is 1. The van der Waals surface area contributed by atoms with E-state index in [-0.39, 0.29) is 0 Å². The number of carbonyl (C=O) groups is 1. The van der Waals surface area contributed by atoms with Gasteiger partial charge in [-0.15, -0.1) is 0 Å². The summed E-state index contributed by atoms with van der Waals surface area (Å²) < 4.78 is 5.29. The molecule has 0 bridgehead atoms. The predicted octanol–water partition coefficient (Wildman–Crippen LogP) is 0.554. The van der Waals surface area contributed by atoms with Gasteiger partial charge in [0.05, 0.1) is 7.11 Å². The van der Waals surface area contributed by atoms with Crippen molar-refractivity contribution in [1.29, 1.82) is 0 Å². The van der Waals surface area contributed by atoms with Crippen LogP contribution in [0.15, 0.2) is 24.3 Å². The number of aliphatic carboxylic acids is 1. The first-order valence-corrected chi connectivity index (χ1v) is 6.02. The van der Waals surface area contributed by atoms with E-state index < -0.39 is 12.0 Å². The van der Waals surface area contributed by atoms with Gasteiger partial charge in [-0.1, -0.05) is 18.2 Å². The predicted molar refractivity (Wildman–Crippen MR) is 67.7 cm³/mol. The van der Waals surface area contributed by atoms with Crippen molar-refractivity contribution in [2.75, 3.05) is 26.7 Å². The van der Waals surface area contributed by atoms with Crippen molar-refractivity contribution in [2.45, 2.75) is 12.6 Å². The number of carboxylic acid groups (broad SMARTS) is 1. The van der Waals surface area contributed by atoms with Crippen LogP contribution < -0.4 is 10.1 Å². The van der Waals surface area contributed by atoms with Crippen LogP contribution in [0.5, 0.6) is 5.75 Å². The van der Waals surface area contributed by atoms with Gasteiger partial charge in [-0.3, -0.25) is 9.69 Å². The number of nitrogens with zero attached hydrogens (tertiary/aromatic N) is 1. The van der Waals surface area contributed by atoms with Gasteiger partial charge in [0.2, 0.25) is 0 Å². The van der Waals surface area contributed by atoms with Gasteiger partial charge in [0.25, 0.3) is 0 Å². The summed E-state index contributed by atoms with van der Waals surface area (Å²) >= 11 is 0. The molecule has 0 aromatic heterocycles. The number of piperazine rings is 1. The summed E-state index contributed by atoms with van der Waals surface area (Å²) in [7, 11) is 1.63. The van der Waals surface area contributed by atoms with Crippen molar-refractivity contribution >= 4 is 5.97 Å². The third-order valence-electron chi connectivity index (χ3n) is 3.21. The normalized spacial score (nSPS) is 20.6. The largest absolute Gasteiger partial charge is 0.496 e. The Bertz CT molecular complexity index is 422. The van der Waals surface area contributed by atoms with Gasteiger partial charge in [-0.2, -0.15) is 0 Å². The van der Waals surface area contributed by atoms with E-state index in [1.807, 2.05) is 29.2 Å². The maximum Gasteiger partial charge on any atom is 0.322 e. The Kier molecular flexibility index (Phi) is 4.17. The third-order valence-corrected chi connectivity index (χ3v) is 3.21. The van der Waals surface area contributed by atoms with Crippen LogP contribution in [0.1, 0.15) is 5.56 Å². The van der Waals surface area contributed by atoms with Crippen LogP contribution in [0.4, 0.5) is 0 Å². The molecule has 18 heavy (non-hydrogen) atoms. The van der Waals surface area contributed by atoms with Crippen LogP contribution in [0.3, 0.4) is 0 Å². The highest BCUT2D eigenvalue weighted by molar-refractivity contribution is 5.74. The molecule has 1 heterocycles. The zero-order valence-electron chi connectivity index (χ0n) is 10.4. The van der Waals surface area contributed by atoms with Crippen molar-refractivity contribution in [1.82, 2.24) is 10.2 Å². The fraction of sp³-hybridized carbons (Fsp3) is 0.462. The Labute approximate surface area is 106 Å². The summed E-state index contributed by atoms with van der Waals surface area (Å²) in [6.45, 7) is 2.64. The standard InChI is InChI=1S/C13H18N2O3/c1-18-12-5-3-2-4-10(12)9-15-7-6-14-8-11(15)13(16)17/h2-5,11,14H,6-9H2,1H3,(H,16,17). The topological polar surface area (TPSA) is 61.8 Å². The molecular formula is C13H18N2O3. The molecule has 1 saturated heterocycles. The molecule has 5 heteroatoms. The van der Waals surface area contributed by atoms with Gasteiger partial charge >= 0.3 is 5.97 Å². The summed E-state index contributed by atoms with van der Waals surface area (Å²) in [5.74, 6) is 0.0252. The van der Waals surface area contributed by atoms with E-state index >= 15 is 0 Å². The molecule has 0 spiro atoms. The highest BCUT2D eigenvalue weighted by Gasteiger charge is 2.28. The number of ether oxygens (including phenoxy) is 1. The molecule has 98 valence electrons. The molecule has 0 saturated carbocycles. The minimum absolute atomic E-state index is 0.469. The third kappa shape index (κ3) is 2.80. The molecule has 2 rings (SSSR count). The van der Waals surface area contributed by atoms with Crippen LogP contribution in [0.25, 0.3) is 0 Å². The number of methoxy groups -OCH3 is 1. The molecule has 0 amide bonds. The Morgan fingerprint density at radius 2 is 2.33 bits per heavy atom. The average molecular weight is 250 g/mol. The Morgan fingerprint density at radius 1 is 1.56 bits per heavy atom. The summed E-state index contributed by atoms with van der Waals surface area (Å²) in [4.78, 5) is 13.2. The number of hydrogen-bond donors (Lipinski definition) is 2. The average Bonchev–Trinajstić information content (AvgIpc) is 2.40. The van der Waals surface area contributed by atoms with Gasteiger partial charge in [-0.25, -0.2) is 0 Å². The number of rotatable bonds is 4. The number of nitrogens with one attached hydrogen (secondary N) is 1. The van der Waals surface area contributed by atoms with E-state index in [4.69, 9.17) is 4.74 Å². The molecule has 1 aliphatic rings. The van der Waals surface area contributed by atoms with E-state index in [9.17, 15) is 9.90 Å². The van der Waals surface area contributed by atoms with Crippen molar-refractivity contribution in [3.8, 4) is 5.75 Å². The fourth-order valence-electron chi connectivity index (χ4n) is 2.23.